The van der Waals surface area contributed by atoms with Gasteiger partial charge in [0, 0.05) is 18.2 Å². The average Bonchev–Trinajstić information content (AvgIpc) is 2.34. The van der Waals surface area contributed by atoms with Gasteiger partial charge in [-0.25, -0.2) is 9.18 Å². The van der Waals surface area contributed by atoms with Gasteiger partial charge in [0.05, 0.1) is 6.61 Å². The number of hydrogen-bond donors (Lipinski definition) is 1. The van der Waals surface area contributed by atoms with Gasteiger partial charge in [-0.15, -0.1) is 0 Å². The molecule has 19 heavy (non-hydrogen) atoms. The van der Waals surface area contributed by atoms with Crippen molar-refractivity contribution in [3.05, 3.63) is 47.3 Å². The van der Waals surface area contributed by atoms with Crippen LogP contribution in [0.3, 0.4) is 0 Å². The third-order valence-corrected chi connectivity index (χ3v) is 2.42. The van der Waals surface area contributed by atoms with Crippen LogP contribution in [0.5, 0.6) is 0 Å². The Morgan fingerprint density at radius 1 is 1.37 bits per heavy atom. The smallest absolute Gasteiger partial charge is 0.330 e. The van der Waals surface area contributed by atoms with Gasteiger partial charge in [0.1, 0.15) is 5.82 Å². The highest BCUT2D eigenvalue weighted by atomic mass is 19.1. The molecule has 0 saturated heterocycles. The lowest BCUT2D eigenvalue weighted by atomic mass is 10.2. The average molecular weight is 265 g/mol. The molecule has 1 aromatic rings. The van der Waals surface area contributed by atoms with Crippen molar-refractivity contribution in [2.24, 2.45) is 0 Å². The zero-order chi connectivity index (χ0) is 14.1. The van der Waals surface area contributed by atoms with Gasteiger partial charge in [-0.05, 0) is 32.9 Å². The number of carbonyl (C=O) groups excluding carboxylic acids is 1. The van der Waals surface area contributed by atoms with Gasteiger partial charge >= 0.3 is 5.97 Å². The van der Waals surface area contributed by atoms with E-state index in [-0.39, 0.29) is 11.8 Å². The minimum Gasteiger partial charge on any atom is -0.462 e. The summed E-state index contributed by atoms with van der Waals surface area (Å²) < 4.78 is 18.3. The van der Waals surface area contributed by atoms with Crippen LogP contribution >= 0.6 is 0 Å². The Kier molecular flexibility index (Phi) is 6.82. The Bertz CT molecular complexity index is 440. The summed E-state index contributed by atoms with van der Waals surface area (Å²) in [5.74, 6) is -0.515. The van der Waals surface area contributed by atoms with E-state index in [1.165, 1.54) is 12.1 Å². The Morgan fingerprint density at radius 2 is 2.11 bits per heavy atom. The Hall–Kier alpha value is -1.68. The molecule has 0 bridgehead atoms. The molecule has 0 radical (unpaired) electrons. The summed E-state index contributed by atoms with van der Waals surface area (Å²) in [6.07, 6.45) is 2.17. The van der Waals surface area contributed by atoms with Crippen molar-refractivity contribution >= 4 is 5.97 Å². The zero-order valence-corrected chi connectivity index (χ0v) is 11.4. The minimum absolute atomic E-state index is 0.204. The fourth-order valence-electron chi connectivity index (χ4n) is 1.51. The summed E-state index contributed by atoms with van der Waals surface area (Å²) in [5.41, 5.74) is 1.56. The van der Waals surface area contributed by atoms with Crippen LogP contribution in [0, 0.1) is 5.82 Å². The van der Waals surface area contributed by atoms with E-state index >= 15 is 0 Å². The van der Waals surface area contributed by atoms with Crippen LogP contribution < -0.4 is 5.32 Å². The van der Waals surface area contributed by atoms with Gasteiger partial charge in [-0.2, -0.15) is 0 Å². The monoisotopic (exact) mass is 265 g/mol. The fourth-order valence-corrected chi connectivity index (χ4v) is 1.51. The first-order valence-electron chi connectivity index (χ1n) is 6.35. The zero-order valence-electron chi connectivity index (χ0n) is 11.4. The van der Waals surface area contributed by atoms with Gasteiger partial charge in [0.2, 0.25) is 0 Å². The molecule has 0 unspecified atom stereocenters. The molecule has 0 heterocycles. The van der Waals surface area contributed by atoms with Gasteiger partial charge in [0.25, 0.3) is 0 Å². The first kappa shape index (κ1) is 15.4. The molecule has 0 fully saturated rings. The van der Waals surface area contributed by atoms with Gasteiger partial charge in [0.15, 0.2) is 0 Å². The molecule has 0 spiro atoms. The predicted molar refractivity (Wildman–Crippen MR) is 73.1 cm³/mol. The summed E-state index contributed by atoms with van der Waals surface area (Å²) in [6.45, 7) is 5.21. The second kappa shape index (κ2) is 8.43. The molecule has 0 aliphatic carbocycles. The van der Waals surface area contributed by atoms with Crippen LogP contribution in [0.15, 0.2) is 35.9 Å². The molecule has 3 nitrogen and oxygen atoms in total. The lowest BCUT2D eigenvalue weighted by Crippen LogP contribution is -2.17. The molecule has 0 aromatic heterocycles. The third kappa shape index (κ3) is 6.72. The summed E-state index contributed by atoms with van der Waals surface area (Å²) in [4.78, 5) is 11.2. The van der Waals surface area contributed by atoms with Gasteiger partial charge in [-0.3, -0.25) is 0 Å². The molecular formula is C15H20FNO2. The molecule has 4 heteroatoms. The van der Waals surface area contributed by atoms with Crippen molar-refractivity contribution in [1.82, 2.24) is 5.32 Å². The lowest BCUT2D eigenvalue weighted by molar-refractivity contribution is -0.137. The van der Waals surface area contributed by atoms with E-state index in [4.69, 9.17) is 4.74 Å². The number of rotatable bonds is 7. The normalized spacial score (nSPS) is 10.1. The van der Waals surface area contributed by atoms with E-state index in [1.54, 1.807) is 18.2 Å². The van der Waals surface area contributed by atoms with E-state index in [2.05, 4.69) is 5.32 Å². The maximum atomic E-state index is 13.3. The summed E-state index contributed by atoms with van der Waals surface area (Å²) in [6, 6.07) is 6.66. The molecule has 0 aliphatic heterocycles. The largest absolute Gasteiger partial charge is 0.462 e. The number of halogens is 1. The third-order valence-electron chi connectivity index (χ3n) is 2.42. The highest BCUT2D eigenvalue weighted by Crippen LogP contribution is 2.05. The first-order valence-corrected chi connectivity index (χ1v) is 6.35. The van der Waals surface area contributed by atoms with Crippen LogP contribution in [0.2, 0.25) is 0 Å². The molecule has 0 amide bonds. The van der Waals surface area contributed by atoms with Crippen LogP contribution in [0.25, 0.3) is 0 Å². The SMILES string of the molecule is CC(C)=CC(=O)OCCCNCc1ccccc1F. The Morgan fingerprint density at radius 3 is 2.79 bits per heavy atom. The summed E-state index contributed by atoms with van der Waals surface area (Å²) in [7, 11) is 0. The van der Waals surface area contributed by atoms with Gasteiger partial charge in [-0.1, -0.05) is 23.8 Å². The maximum absolute atomic E-state index is 13.3. The number of carbonyl (C=O) groups is 1. The van der Waals surface area contributed by atoms with E-state index in [0.29, 0.717) is 31.7 Å². The summed E-state index contributed by atoms with van der Waals surface area (Å²) in [5, 5.41) is 3.11. The van der Waals surface area contributed by atoms with Gasteiger partial charge < -0.3 is 10.1 Å². The van der Waals surface area contributed by atoms with Crippen LogP contribution in [-0.4, -0.2) is 19.1 Å². The Balaban J connectivity index is 2.11. The van der Waals surface area contributed by atoms with Crippen molar-refractivity contribution < 1.29 is 13.9 Å². The molecule has 104 valence electrons. The fraction of sp³-hybridized carbons (Fsp3) is 0.400. The van der Waals surface area contributed by atoms with Crippen molar-refractivity contribution in [3.63, 3.8) is 0 Å². The second-order valence-corrected chi connectivity index (χ2v) is 4.51. The minimum atomic E-state index is -0.311. The number of benzene rings is 1. The lowest BCUT2D eigenvalue weighted by Gasteiger charge is -2.06. The molecule has 1 rings (SSSR count). The van der Waals surface area contributed by atoms with E-state index < -0.39 is 0 Å². The van der Waals surface area contributed by atoms with E-state index in [0.717, 1.165) is 5.57 Å². The topological polar surface area (TPSA) is 38.3 Å². The highest BCUT2D eigenvalue weighted by molar-refractivity contribution is 5.82. The molecule has 0 atom stereocenters. The molecular weight excluding hydrogens is 245 g/mol. The number of nitrogens with one attached hydrogen (secondary N) is 1. The maximum Gasteiger partial charge on any atom is 0.330 e. The first-order chi connectivity index (χ1) is 9.09. The predicted octanol–water partition coefficient (Wildman–Crippen LogP) is 2.81. The molecule has 0 saturated carbocycles. The molecule has 1 aromatic carbocycles. The van der Waals surface area contributed by atoms with Crippen LogP contribution in [0.4, 0.5) is 4.39 Å². The highest BCUT2D eigenvalue weighted by Gasteiger charge is 2.00. The van der Waals surface area contributed by atoms with Crippen LogP contribution in [-0.2, 0) is 16.1 Å². The summed E-state index contributed by atoms with van der Waals surface area (Å²) >= 11 is 0. The Labute approximate surface area is 113 Å². The van der Waals surface area contributed by atoms with E-state index in [9.17, 15) is 9.18 Å². The van der Waals surface area contributed by atoms with Crippen molar-refractivity contribution in [3.8, 4) is 0 Å². The van der Waals surface area contributed by atoms with E-state index in [1.807, 2.05) is 13.8 Å². The number of allylic oxidation sites excluding steroid dienone is 1. The van der Waals surface area contributed by atoms with Crippen molar-refractivity contribution in [1.29, 1.82) is 0 Å². The second-order valence-electron chi connectivity index (χ2n) is 4.51. The van der Waals surface area contributed by atoms with Crippen molar-refractivity contribution in [2.45, 2.75) is 26.8 Å². The number of esters is 1. The number of hydrogen-bond acceptors (Lipinski definition) is 3. The number of ether oxygens (including phenoxy) is 1. The van der Waals surface area contributed by atoms with Crippen LogP contribution in [0.1, 0.15) is 25.8 Å². The van der Waals surface area contributed by atoms with Crippen molar-refractivity contribution in [2.75, 3.05) is 13.2 Å². The standard InChI is InChI=1S/C15H20FNO2/c1-12(2)10-15(18)19-9-5-8-17-11-13-6-3-4-7-14(13)16/h3-4,6-7,10,17H,5,8-9,11H2,1-2H3. The molecule has 0 aliphatic rings. The quantitative estimate of drug-likeness (QED) is 0.468. The molecule has 1 N–H and O–H groups in total.